The summed E-state index contributed by atoms with van der Waals surface area (Å²) >= 11 is 0. The lowest BCUT2D eigenvalue weighted by atomic mass is 9.98. The minimum atomic E-state index is 0.691. The normalized spacial score (nSPS) is 23.3. The van der Waals surface area contributed by atoms with Crippen LogP contribution < -0.4 is 5.32 Å². The Morgan fingerprint density at radius 2 is 1.94 bits per heavy atom. The number of rotatable bonds is 3. The molecule has 2 heterocycles. The van der Waals surface area contributed by atoms with Crippen molar-refractivity contribution in [3.8, 4) is 0 Å². The smallest absolute Gasteiger partial charge is 0.0857 e. The molecule has 0 bridgehead atoms. The number of aromatic nitrogens is 3. The Bertz CT molecular complexity index is 348. The minimum absolute atomic E-state index is 0.691. The number of nitrogens with one attached hydrogen (secondary N) is 1. The van der Waals surface area contributed by atoms with Crippen LogP contribution in [0.3, 0.4) is 0 Å². The van der Waals surface area contributed by atoms with E-state index in [0.717, 1.165) is 25.6 Å². The molecule has 1 aliphatic carbocycles. The van der Waals surface area contributed by atoms with Crippen LogP contribution in [0.1, 0.15) is 50.1 Å². The van der Waals surface area contributed by atoms with E-state index in [4.69, 9.17) is 0 Å². The van der Waals surface area contributed by atoms with Crippen molar-refractivity contribution < 1.29 is 0 Å². The summed E-state index contributed by atoms with van der Waals surface area (Å²) in [6, 6.07) is 0. The summed E-state index contributed by atoms with van der Waals surface area (Å²) in [6.07, 6.45) is 10.1. The van der Waals surface area contributed by atoms with Crippen molar-refractivity contribution in [2.45, 2.75) is 51.0 Å². The summed E-state index contributed by atoms with van der Waals surface area (Å²) in [7, 11) is 0. The molecule has 1 N–H and O–H groups in total. The van der Waals surface area contributed by atoms with Gasteiger partial charge in [0.05, 0.1) is 5.69 Å². The second kappa shape index (κ2) is 5.17. The Morgan fingerprint density at radius 3 is 2.71 bits per heavy atom. The zero-order valence-electron chi connectivity index (χ0n) is 10.4. The Hall–Kier alpha value is -0.900. The first kappa shape index (κ1) is 11.2. The van der Waals surface area contributed by atoms with Crippen LogP contribution in [-0.2, 0) is 6.54 Å². The van der Waals surface area contributed by atoms with Crippen molar-refractivity contribution >= 4 is 0 Å². The van der Waals surface area contributed by atoms with Gasteiger partial charge < -0.3 is 5.32 Å². The monoisotopic (exact) mass is 234 g/mol. The summed E-state index contributed by atoms with van der Waals surface area (Å²) in [5.41, 5.74) is 1.23. The van der Waals surface area contributed by atoms with Gasteiger partial charge in [-0.15, -0.1) is 5.10 Å². The van der Waals surface area contributed by atoms with Crippen molar-refractivity contribution in [2.75, 3.05) is 13.1 Å². The molecule has 3 rings (SSSR count). The van der Waals surface area contributed by atoms with Gasteiger partial charge in [-0.3, -0.25) is 4.68 Å². The van der Waals surface area contributed by atoms with Crippen LogP contribution >= 0.6 is 0 Å². The van der Waals surface area contributed by atoms with Gasteiger partial charge in [-0.25, -0.2) is 0 Å². The summed E-state index contributed by atoms with van der Waals surface area (Å²) in [5.74, 6) is 1.48. The predicted octanol–water partition coefficient (Wildman–Crippen LogP) is 1.94. The standard InChI is InChI=1S/C13H22N4/c1-2-4-12(3-1)13-10-17(16-15-13)9-11-5-7-14-8-6-11/h10-12,14H,1-9H2. The molecule has 94 valence electrons. The Morgan fingerprint density at radius 1 is 1.18 bits per heavy atom. The van der Waals surface area contributed by atoms with Gasteiger partial charge in [0.2, 0.25) is 0 Å². The van der Waals surface area contributed by atoms with E-state index in [1.807, 2.05) is 0 Å². The van der Waals surface area contributed by atoms with Gasteiger partial charge >= 0.3 is 0 Å². The second-order valence-corrected chi connectivity index (χ2v) is 5.54. The summed E-state index contributed by atoms with van der Waals surface area (Å²) < 4.78 is 2.07. The van der Waals surface area contributed by atoms with Crippen molar-refractivity contribution in [1.82, 2.24) is 20.3 Å². The molecule has 4 heteroatoms. The first-order chi connectivity index (χ1) is 8.42. The highest BCUT2D eigenvalue weighted by atomic mass is 15.4. The van der Waals surface area contributed by atoms with E-state index >= 15 is 0 Å². The van der Waals surface area contributed by atoms with E-state index in [9.17, 15) is 0 Å². The largest absolute Gasteiger partial charge is 0.317 e. The highest BCUT2D eigenvalue weighted by Crippen LogP contribution is 2.32. The van der Waals surface area contributed by atoms with Crippen molar-refractivity contribution in [3.63, 3.8) is 0 Å². The fraction of sp³-hybridized carbons (Fsp3) is 0.846. The number of piperidine rings is 1. The van der Waals surface area contributed by atoms with Crippen LogP contribution in [-0.4, -0.2) is 28.1 Å². The van der Waals surface area contributed by atoms with E-state index in [1.54, 1.807) is 0 Å². The molecule has 0 aromatic carbocycles. The fourth-order valence-electron chi connectivity index (χ4n) is 3.14. The van der Waals surface area contributed by atoms with Crippen LogP contribution in [0.25, 0.3) is 0 Å². The van der Waals surface area contributed by atoms with Crippen molar-refractivity contribution in [3.05, 3.63) is 11.9 Å². The molecule has 0 atom stereocenters. The van der Waals surface area contributed by atoms with Gasteiger partial charge in [0.15, 0.2) is 0 Å². The molecular formula is C13H22N4. The quantitative estimate of drug-likeness (QED) is 0.869. The molecule has 0 amide bonds. The molecule has 1 saturated carbocycles. The van der Waals surface area contributed by atoms with E-state index < -0.39 is 0 Å². The second-order valence-electron chi connectivity index (χ2n) is 5.54. The van der Waals surface area contributed by atoms with Gasteiger partial charge in [0.25, 0.3) is 0 Å². The van der Waals surface area contributed by atoms with Gasteiger partial charge in [-0.05, 0) is 44.7 Å². The third-order valence-corrected chi connectivity index (χ3v) is 4.23. The number of nitrogens with zero attached hydrogens (tertiary/aromatic N) is 3. The Kier molecular flexibility index (Phi) is 3.41. The first-order valence-electron chi connectivity index (χ1n) is 7.02. The molecule has 1 saturated heterocycles. The van der Waals surface area contributed by atoms with Gasteiger partial charge in [-0.2, -0.15) is 0 Å². The zero-order chi connectivity index (χ0) is 11.5. The maximum absolute atomic E-state index is 4.36. The van der Waals surface area contributed by atoms with Crippen LogP contribution in [0.5, 0.6) is 0 Å². The van der Waals surface area contributed by atoms with E-state index in [1.165, 1.54) is 44.2 Å². The first-order valence-corrected chi connectivity index (χ1v) is 7.02. The van der Waals surface area contributed by atoms with Crippen LogP contribution in [0.15, 0.2) is 6.20 Å². The maximum Gasteiger partial charge on any atom is 0.0857 e. The number of hydrogen-bond acceptors (Lipinski definition) is 3. The van der Waals surface area contributed by atoms with Crippen molar-refractivity contribution in [2.24, 2.45) is 5.92 Å². The summed E-state index contributed by atoms with van der Waals surface area (Å²) in [6.45, 7) is 3.38. The highest BCUT2D eigenvalue weighted by molar-refractivity contribution is 5.03. The minimum Gasteiger partial charge on any atom is -0.317 e. The Balaban J connectivity index is 1.59. The van der Waals surface area contributed by atoms with Crippen LogP contribution in [0, 0.1) is 5.92 Å². The average Bonchev–Trinajstić information content (AvgIpc) is 3.00. The molecule has 1 aliphatic heterocycles. The molecule has 0 unspecified atom stereocenters. The molecule has 2 aliphatic rings. The molecule has 2 fully saturated rings. The lowest BCUT2D eigenvalue weighted by molar-refractivity contribution is 0.318. The molecule has 0 spiro atoms. The van der Waals surface area contributed by atoms with Crippen molar-refractivity contribution in [1.29, 1.82) is 0 Å². The summed E-state index contributed by atoms with van der Waals surface area (Å²) in [4.78, 5) is 0. The fourth-order valence-corrected chi connectivity index (χ4v) is 3.14. The molecule has 17 heavy (non-hydrogen) atoms. The predicted molar refractivity (Wildman–Crippen MR) is 66.8 cm³/mol. The maximum atomic E-state index is 4.36. The highest BCUT2D eigenvalue weighted by Gasteiger charge is 2.21. The molecule has 1 aromatic heterocycles. The summed E-state index contributed by atoms with van der Waals surface area (Å²) in [5, 5.41) is 12.1. The third-order valence-electron chi connectivity index (χ3n) is 4.23. The molecule has 4 nitrogen and oxygen atoms in total. The third kappa shape index (κ3) is 2.68. The van der Waals surface area contributed by atoms with E-state index in [0.29, 0.717) is 5.92 Å². The molecule has 0 radical (unpaired) electrons. The average molecular weight is 234 g/mol. The van der Waals surface area contributed by atoms with Gasteiger partial charge in [0, 0.05) is 18.7 Å². The Labute approximate surface area is 103 Å². The van der Waals surface area contributed by atoms with Gasteiger partial charge in [-0.1, -0.05) is 18.1 Å². The van der Waals surface area contributed by atoms with Crippen LogP contribution in [0.2, 0.25) is 0 Å². The molecule has 1 aromatic rings. The van der Waals surface area contributed by atoms with E-state index in [-0.39, 0.29) is 0 Å². The zero-order valence-corrected chi connectivity index (χ0v) is 10.4. The van der Waals surface area contributed by atoms with Gasteiger partial charge in [0.1, 0.15) is 0 Å². The number of hydrogen-bond donors (Lipinski definition) is 1. The van der Waals surface area contributed by atoms with E-state index in [2.05, 4.69) is 26.5 Å². The molecular weight excluding hydrogens is 212 g/mol. The SMILES string of the molecule is c1c(C2CCCC2)nnn1CC1CCNCC1. The van der Waals surface area contributed by atoms with Crippen LogP contribution in [0.4, 0.5) is 0 Å². The lowest BCUT2D eigenvalue weighted by Gasteiger charge is -2.21. The lowest BCUT2D eigenvalue weighted by Crippen LogP contribution is -2.30. The topological polar surface area (TPSA) is 42.7 Å².